The third-order valence-corrected chi connectivity index (χ3v) is 3.37. The fourth-order valence-electron chi connectivity index (χ4n) is 2.32. The number of nitrogens with zero attached hydrogens (tertiary/aromatic N) is 3. The van der Waals surface area contributed by atoms with Crippen LogP contribution in [0.4, 0.5) is 16.2 Å². The van der Waals surface area contributed by atoms with Crippen molar-refractivity contribution in [2.75, 3.05) is 24.3 Å². The largest absolute Gasteiger partial charge is 0.480 e. The number of aromatic nitrogens is 2. The Bertz CT molecular complexity index is 487. The molecule has 1 fully saturated rings. The Labute approximate surface area is 110 Å². The molecule has 1 heterocycles. The third kappa shape index (κ3) is 2.59. The molecule has 2 N–H and O–H groups in total. The SMILES string of the molecule is CN(C)c1nc(NC2(C(=O)O)CCCC2)ncc1F. The van der Waals surface area contributed by atoms with Crippen LogP contribution in [-0.4, -0.2) is 40.7 Å². The molecule has 19 heavy (non-hydrogen) atoms. The predicted molar refractivity (Wildman–Crippen MR) is 68.8 cm³/mol. The number of aliphatic carboxylic acids is 1. The van der Waals surface area contributed by atoms with Gasteiger partial charge in [-0.2, -0.15) is 4.98 Å². The lowest BCUT2D eigenvalue weighted by atomic mass is 9.98. The van der Waals surface area contributed by atoms with E-state index in [1.807, 2.05) is 0 Å². The van der Waals surface area contributed by atoms with Crippen molar-refractivity contribution in [2.24, 2.45) is 0 Å². The van der Waals surface area contributed by atoms with Crippen molar-refractivity contribution < 1.29 is 14.3 Å². The van der Waals surface area contributed by atoms with Crippen molar-refractivity contribution in [1.29, 1.82) is 0 Å². The fraction of sp³-hybridized carbons (Fsp3) is 0.583. The molecule has 1 saturated carbocycles. The highest BCUT2D eigenvalue weighted by molar-refractivity contribution is 5.82. The van der Waals surface area contributed by atoms with E-state index in [9.17, 15) is 14.3 Å². The van der Waals surface area contributed by atoms with Gasteiger partial charge in [0.25, 0.3) is 0 Å². The first kappa shape index (κ1) is 13.5. The van der Waals surface area contributed by atoms with Crippen LogP contribution in [0.1, 0.15) is 25.7 Å². The second-order valence-electron chi connectivity index (χ2n) is 4.98. The summed E-state index contributed by atoms with van der Waals surface area (Å²) in [5.74, 6) is -1.17. The molecule has 7 heteroatoms. The summed E-state index contributed by atoms with van der Waals surface area (Å²) in [7, 11) is 3.33. The van der Waals surface area contributed by atoms with Crippen LogP contribution in [-0.2, 0) is 4.79 Å². The molecule has 2 rings (SSSR count). The van der Waals surface area contributed by atoms with E-state index in [0.29, 0.717) is 12.8 Å². The van der Waals surface area contributed by atoms with Gasteiger partial charge in [0.2, 0.25) is 5.95 Å². The summed E-state index contributed by atoms with van der Waals surface area (Å²) >= 11 is 0. The van der Waals surface area contributed by atoms with E-state index in [1.165, 1.54) is 4.90 Å². The molecular weight excluding hydrogens is 251 g/mol. The molecule has 1 aliphatic rings. The first-order chi connectivity index (χ1) is 8.94. The summed E-state index contributed by atoms with van der Waals surface area (Å²) in [4.78, 5) is 20.8. The molecule has 0 radical (unpaired) electrons. The lowest BCUT2D eigenvalue weighted by molar-refractivity contribution is -0.142. The zero-order valence-corrected chi connectivity index (χ0v) is 11.0. The van der Waals surface area contributed by atoms with Gasteiger partial charge in [-0.15, -0.1) is 0 Å². The van der Waals surface area contributed by atoms with E-state index in [0.717, 1.165) is 19.0 Å². The fourth-order valence-corrected chi connectivity index (χ4v) is 2.32. The van der Waals surface area contributed by atoms with Crippen LogP contribution in [0.2, 0.25) is 0 Å². The standard InChI is InChI=1S/C12H17FN4O2/c1-17(2)9-8(13)7-14-11(15-9)16-12(10(18)19)5-3-4-6-12/h7H,3-6H2,1-2H3,(H,18,19)(H,14,15,16). The van der Waals surface area contributed by atoms with Crippen LogP contribution in [0.5, 0.6) is 0 Å². The molecule has 104 valence electrons. The molecular formula is C12H17FN4O2. The Kier molecular flexibility index (Phi) is 3.55. The Morgan fingerprint density at radius 2 is 2.11 bits per heavy atom. The highest BCUT2D eigenvalue weighted by Crippen LogP contribution is 2.33. The van der Waals surface area contributed by atoms with Crippen LogP contribution in [0.25, 0.3) is 0 Å². The van der Waals surface area contributed by atoms with Crippen molar-refractivity contribution in [3.63, 3.8) is 0 Å². The van der Waals surface area contributed by atoms with E-state index in [4.69, 9.17) is 0 Å². The molecule has 0 spiro atoms. The van der Waals surface area contributed by atoms with Crippen molar-refractivity contribution in [2.45, 2.75) is 31.2 Å². The number of carboxylic acid groups (broad SMARTS) is 1. The molecule has 0 atom stereocenters. The van der Waals surface area contributed by atoms with Crippen LogP contribution in [0.3, 0.4) is 0 Å². The van der Waals surface area contributed by atoms with Gasteiger partial charge in [0, 0.05) is 14.1 Å². The van der Waals surface area contributed by atoms with Crippen molar-refractivity contribution in [3.05, 3.63) is 12.0 Å². The molecule has 1 aromatic rings. The number of hydrogen-bond acceptors (Lipinski definition) is 5. The van der Waals surface area contributed by atoms with Gasteiger partial charge < -0.3 is 15.3 Å². The Morgan fingerprint density at radius 1 is 1.47 bits per heavy atom. The van der Waals surface area contributed by atoms with Crippen LogP contribution in [0, 0.1) is 5.82 Å². The van der Waals surface area contributed by atoms with Crippen molar-refractivity contribution >= 4 is 17.7 Å². The maximum Gasteiger partial charge on any atom is 0.329 e. The molecule has 0 saturated heterocycles. The summed E-state index contributed by atoms with van der Waals surface area (Å²) in [5.41, 5.74) is -1.03. The number of halogens is 1. The average Bonchev–Trinajstić information content (AvgIpc) is 2.81. The number of hydrogen-bond donors (Lipinski definition) is 2. The molecule has 0 amide bonds. The summed E-state index contributed by atoms with van der Waals surface area (Å²) in [6.45, 7) is 0. The summed E-state index contributed by atoms with van der Waals surface area (Å²) in [6, 6.07) is 0. The third-order valence-electron chi connectivity index (χ3n) is 3.37. The number of carboxylic acids is 1. The Hall–Kier alpha value is -1.92. The van der Waals surface area contributed by atoms with E-state index < -0.39 is 17.3 Å². The average molecular weight is 268 g/mol. The molecule has 6 nitrogen and oxygen atoms in total. The zero-order chi connectivity index (χ0) is 14.0. The Balaban J connectivity index is 2.27. The van der Waals surface area contributed by atoms with Crippen LogP contribution < -0.4 is 10.2 Å². The monoisotopic (exact) mass is 268 g/mol. The number of carbonyl (C=O) groups is 1. The van der Waals surface area contributed by atoms with E-state index in [2.05, 4.69) is 15.3 Å². The lowest BCUT2D eigenvalue weighted by Gasteiger charge is -2.25. The lowest BCUT2D eigenvalue weighted by Crippen LogP contribution is -2.44. The normalized spacial score (nSPS) is 17.2. The van der Waals surface area contributed by atoms with Gasteiger partial charge in [-0.25, -0.2) is 14.2 Å². The van der Waals surface area contributed by atoms with Gasteiger partial charge in [-0.3, -0.25) is 0 Å². The summed E-state index contributed by atoms with van der Waals surface area (Å²) in [5, 5.41) is 12.2. The predicted octanol–water partition coefficient (Wildman–Crippen LogP) is 1.49. The molecule has 0 bridgehead atoms. The topological polar surface area (TPSA) is 78.4 Å². The maximum absolute atomic E-state index is 13.5. The molecule has 1 aromatic heterocycles. The smallest absolute Gasteiger partial charge is 0.329 e. The van der Waals surface area contributed by atoms with Gasteiger partial charge in [-0.1, -0.05) is 12.8 Å². The van der Waals surface area contributed by atoms with Gasteiger partial charge in [0.1, 0.15) is 5.54 Å². The minimum absolute atomic E-state index is 0.135. The maximum atomic E-state index is 13.5. The van der Waals surface area contributed by atoms with E-state index in [-0.39, 0.29) is 11.8 Å². The Morgan fingerprint density at radius 3 is 2.63 bits per heavy atom. The molecule has 0 aliphatic heterocycles. The zero-order valence-electron chi connectivity index (χ0n) is 11.0. The minimum atomic E-state index is -1.03. The number of rotatable bonds is 4. The van der Waals surface area contributed by atoms with Gasteiger partial charge >= 0.3 is 5.97 Å². The first-order valence-electron chi connectivity index (χ1n) is 6.16. The van der Waals surface area contributed by atoms with Gasteiger partial charge in [0.05, 0.1) is 6.20 Å². The second-order valence-corrected chi connectivity index (χ2v) is 4.98. The van der Waals surface area contributed by atoms with Crippen molar-refractivity contribution in [1.82, 2.24) is 9.97 Å². The van der Waals surface area contributed by atoms with Crippen LogP contribution in [0.15, 0.2) is 6.20 Å². The molecule has 1 aliphatic carbocycles. The number of anilines is 2. The second kappa shape index (κ2) is 4.99. The summed E-state index contributed by atoms with van der Waals surface area (Å²) in [6.07, 6.45) is 3.80. The molecule has 0 unspecified atom stereocenters. The van der Waals surface area contributed by atoms with E-state index >= 15 is 0 Å². The minimum Gasteiger partial charge on any atom is -0.480 e. The first-order valence-corrected chi connectivity index (χ1v) is 6.16. The van der Waals surface area contributed by atoms with Crippen LogP contribution >= 0.6 is 0 Å². The molecule has 0 aromatic carbocycles. The highest BCUT2D eigenvalue weighted by Gasteiger charge is 2.42. The summed E-state index contributed by atoms with van der Waals surface area (Å²) < 4.78 is 13.5. The van der Waals surface area contributed by atoms with Gasteiger partial charge in [0.15, 0.2) is 11.6 Å². The quantitative estimate of drug-likeness (QED) is 0.861. The van der Waals surface area contributed by atoms with E-state index in [1.54, 1.807) is 14.1 Å². The van der Waals surface area contributed by atoms with Crippen molar-refractivity contribution in [3.8, 4) is 0 Å². The highest BCUT2D eigenvalue weighted by atomic mass is 19.1. The van der Waals surface area contributed by atoms with Gasteiger partial charge in [-0.05, 0) is 12.8 Å². The number of nitrogens with one attached hydrogen (secondary N) is 1.